The normalized spacial score (nSPS) is 11.3. The minimum Gasteiger partial charge on any atom is -0.368 e. The number of aromatic nitrogens is 4. The van der Waals surface area contributed by atoms with Gasteiger partial charge < -0.3 is 14.9 Å². The van der Waals surface area contributed by atoms with Gasteiger partial charge in [0.15, 0.2) is 0 Å². The van der Waals surface area contributed by atoms with E-state index in [9.17, 15) is 4.39 Å². The molecule has 0 amide bonds. The number of hydrogen-bond donors (Lipinski definition) is 2. The smallest absolute Gasteiger partial charge is 0.150 e. The van der Waals surface area contributed by atoms with E-state index in [4.69, 9.17) is 0 Å². The SMILES string of the molecule is Fc1ccc2[nH]c3c(NCCCn4ccnc4)nccc3c2c1. The standard InChI is InChI=1S/C17H16FN5/c18-12-2-3-15-14(10-12)13-4-6-21-17(16(13)22-15)20-5-1-8-23-9-7-19-11-23/h2-4,6-7,9-11,22H,1,5,8H2,(H,20,21). The molecule has 23 heavy (non-hydrogen) atoms. The summed E-state index contributed by atoms with van der Waals surface area (Å²) >= 11 is 0. The van der Waals surface area contributed by atoms with Gasteiger partial charge in [0.1, 0.15) is 11.6 Å². The van der Waals surface area contributed by atoms with Crippen molar-refractivity contribution in [3.63, 3.8) is 0 Å². The molecule has 0 saturated carbocycles. The quantitative estimate of drug-likeness (QED) is 0.554. The van der Waals surface area contributed by atoms with E-state index in [0.717, 1.165) is 47.1 Å². The number of nitrogens with zero attached hydrogens (tertiary/aromatic N) is 3. The van der Waals surface area contributed by atoms with Crippen LogP contribution >= 0.6 is 0 Å². The first-order valence-electron chi connectivity index (χ1n) is 7.57. The summed E-state index contributed by atoms with van der Waals surface area (Å²) in [6, 6.07) is 6.68. The van der Waals surface area contributed by atoms with Gasteiger partial charge >= 0.3 is 0 Å². The Morgan fingerprint density at radius 2 is 2.13 bits per heavy atom. The Labute approximate surface area is 132 Å². The van der Waals surface area contributed by atoms with Crippen molar-refractivity contribution in [3.8, 4) is 0 Å². The first kappa shape index (κ1) is 13.8. The van der Waals surface area contributed by atoms with Crippen molar-refractivity contribution >= 4 is 27.6 Å². The second kappa shape index (κ2) is 5.72. The number of rotatable bonds is 5. The van der Waals surface area contributed by atoms with Gasteiger partial charge in [-0.3, -0.25) is 0 Å². The summed E-state index contributed by atoms with van der Waals surface area (Å²) in [7, 11) is 0. The van der Waals surface area contributed by atoms with Gasteiger partial charge in [-0.05, 0) is 30.7 Å². The van der Waals surface area contributed by atoms with Gasteiger partial charge in [0.2, 0.25) is 0 Å². The van der Waals surface area contributed by atoms with Crippen molar-refractivity contribution in [3.05, 3.63) is 55.0 Å². The average Bonchev–Trinajstić information content (AvgIpc) is 3.19. The lowest BCUT2D eigenvalue weighted by molar-refractivity contribution is 0.630. The van der Waals surface area contributed by atoms with Crippen molar-refractivity contribution in [2.45, 2.75) is 13.0 Å². The fourth-order valence-corrected chi connectivity index (χ4v) is 2.82. The second-order valence-corrected chi connectivity index (χ2v) is 5.48. The van der Waals surface area contributed by atoms with Crippen LogP contribution in [-0.4, -0.2) is 26.1 Å². The highest BCUT2D eigenvalue weighted by atomic mass is 19.1. The number of aryl methyl sites for hydroxylation is 1. The summed E-state index contributed by atoms with van der Waals surface area (Å²) in [6.45, 7) is 1.70. The fraction of sp³-hybridized carbons (Fsp3) is 0.176. The molecule has 4 aromatic rings. The molecule has 0 aliphatic heterocycles. The van der Waals surface area contributed by atoms with Crippen molar-refractivity contribution in [1.29, 1.82) is 0 Å². The van der Waals surface area contributed by atoms with E-state index in [1.807, 2.05) is 23.2 Å². The Morgan fingerprint density at radius 3 is 3.00 bits per heavy atom. The van der Waals surface area contributed by atoms with Gasteiger partial charge in [-0.15, -0.1) is 0 Å². The van der Waals surface area contributed by atoms with Crippen molar-refractivity contribution < 1.29 is 4.39 Å². The zero-order chi connectivity index (χ0) is 15.6. The molecule has 0 spiro atoms. The topological polar surface area (TPSA) is 58.5 Å². The molecule has 3 aromatic heterocycles. The van der Waals surface area contributed by atoms with Gasteiger partial charge in [-0.2, -0.15) is 0 Å². The predicted octanol–water partition coefficient (Wildman–Crippen LogP) is 3.55. The molecule has 0 bridgehead atoms. The lowest BCUT2D eigenvalue weighted by Gasteiger charge is -2.07. The van der Waals surface area contributed by atoms with Gasteiger partial charge in [-0.1, -0.05) is 0 Å². The van der Waals surface area contributed by atoms with E-state index in [2.05, 4.69) is 20.3 Å². The molecule has 2 N–H and O–H groups in total. The Bertz CT molecular complexity index is 942. The highest BCUT2D eigenvalue weighted by Crippen LogP contribution is 2.29. The Morgan fingerprint density at radius 1 is 1.17 bits per heavy atom. The van der Waals surface area contributed by atoms with Crippen molar-refractivity contribution in [1.82, 2.24) is 19.5 Å². The molecule has 0 aliphatic carbocycles. The molecule has 116 valence electrons. The number of imidazole rings is 1. The van der Waals surface area contributed by atoms with Crippen LogP contribution in [0.2, 0.25) is 0 Å². The van der Waals surface area contributed by atoms with Crippen LogP contribution in [0.1, 0.15) is 6.42 Å². The summed E-state index contributed by atoms with van der Waals surface area (Å²) in [5.74, 6) is 0.565. The third-order valence-electron chi connectivity index (χ3n) is 3.93. The largest absolute Gasteiger partial charge is 0.368 e. The molecule has 4 rings (SSSR count). The Kier molecular flexibility index (Phi) is 3.42. The van der Waals surface area contributed by atoms with Gasteiger partial charge in [0, 0.05) is 48.0 Å². The van der Waals surface area contributed by atoms with Crippen LogP contribution in [0.4, 0.5) is 10.2 Å². The first-order valence-corrected chi connectivity index (χ1v) is 7.57. The average molecular weight is 309 g/mol. The van der Waals surface area contributed by atoms with Crippen LogP contribution in [0, 0.1) is 5.82 Å². The molecule has 1 aromatic carbocycles. The maximum absolute atomic E-state index is 13.5. The lowest BCUT2D eigenvalue weighted by atomic mass is 10.2. The predicted molar refractivity (Wildman–Crippen MR) is 88.9 cm³/mol. The van der Waals surface area contributed by atoms with Crippen LogP contribution in [0.15, 0.2) is 49.2 Å². The Hall–Kier alpha value is -2.89. The van der Waals surface area contributed by atoms with E-state index in [1.165, 1.54) is 6.07 Å². The molecule has 3 heterocycles. The van der Waals surface area contributed by atoms with E-state index < -0.39 is 0 Å². The molecule has 0 radical (unpaired) electrons. The minimum absolute atomic E-state index is 0.231. The zero-order valence-electron chi connectivity index (χ0n) is 12.5. The Balaban J connectivity index is 1.56. The monoisotopic (exact) mass is 309 g/mol. The molecular formula is C17H16FN5. The summed E-state index contributed by atoms with van der Waals surface area (Å²) in [6.07, 6.45) is 8.25. The van der Waals surface area contributed by atoms with Gasteiger partial charge in [0.05, 0.1) is 11.8 Å². The number of anilines is 1. The molecule has 0 saturated heterocycles. The molecule has 5 nitrogen and oxygen atoms in total. The van der Waals surface area contributed by atoms with E-state index in [1.54, 1.807) is 24.5 Å². The van der Waals surface area contributed by atoms with E-state index in [-0.39, 0.29) is 5.82 Å². The van der Waals surface area contributed by atoms with Crippen LogP contribution in [0.3, 0.4) is 0 Å². The molecule has 0 unspecified atom stereocenters. The van der Waals surface area contributed by atoms with Crippen LogP contribution in [0.25, 0.3) is 21.8 Å². The highest BCUT2D eigenvalue weighted by molar-refractivity contribution is 6.10. The van der Waals surface area contributed by atoms with Crippen molar-refractivity contribution in [2.24, 2.45) is 0 Å². The molecule has 0 aliphatic rings. The molecule has 0 atom stereocenters. The lowest BCUT2D eigenvalue weighted by Crippen LogP contribution is -2.07. The third kappa shape index (κ3) is 2.63. The number of hydrogen-bond acceptors (Lipinski definition) is 3. The second-order valence-electron chi connectivity index (χ2n) is 5.48. The maximum atomic E-state index is 13.5. The van der Waals surface area contributed by atoms with E-state index >= 15 is 0 Å². The number of H-pyrrole nitrogens is 1. The number of fused-ring (bicyclic) bond motifs is 3. The number of aromatic amines is 1. The molecular weight excluding hydrogens is 293 g/mol. The zero-order valence-corrected chi connectivity index (χ0v) is 12.5. The first-order chi connectivity index (χ1) is 11.3. The molecule has 6 heteroatoms. The summed E-state index contributed by atoms with van der Waals surface area (Å²) in [4.78, 5) is 11.8. The summed E-state index contributed by atoms with van der Waals surface area (Å²) in [5.41, 5.74) is 1.83. The van der Waals surface area contributed by atoms with Crippen molar-refractivity contribution in [2.75, 3.05) is 11.9 Å². The number of nitrogens with one attached hydrogen (secondary N) is 2. The number of pyridine rings is 1. The maximum Gasteiger partial charge on any atom is 0.150 e. The third-order valence-corrected chi connectivity index (χ3v) is 3.93. The summed E-state index contributed by atoms with van der Waals surface area (Å²) < 4.78 is 15.5. The number of benzene rings is 1. The van der Waals surface area contributed by atoms with Crippen LogP contribution in [0.5, 0.6) is 0 Å². The fourth-order valence-electron chi connectivity index (χ4n) is 2.82. The van der Waals surface area contributed by atoms with Crippen LogP contribution in [-0.2, 0) is 6.54 Å². The van der Waals surface area contributed by atoms with Gasteiger partial charge in [0.25, 0.3) is 0 Å². The minimum atomic E-state index is -0.231. The summed E-state index contributed by atoms with van der Waals surface area (Å²) in [5, 5.41) is 5.21. The highest BCUT2D eigenvalue weighted by Gasteiger charge is 2.09. The van der Waals surface area contributed by atoms with Gasteiger partial charge in [-0.25, -0.2) is 14.4 Å². The number of halogens is 1. The molecule has 0 fully saturated rings. The van der Waals surface area contributed by atoms with E-state index in [0.29, 0.717) is 0 Å². The van der Waals surface area contributed by atoms with Crippen LogP contribution < -0.4 is 5.32 Å².